The molecule has 6 nitrogen and oxygen atoms in total. The van der Waals surface area contributed by atoms with Crippen LogP contribution >= 0.6 is 0 Å². The fourth-order valence-electron chi connectivity index (χ4n) is 2.16. The molecule has 1 aliphatic rings. The second-order valence-corrected chi connectivity index (χ2v) is 4.25. The van der Waals surface area contributed by atoms with Crippen LogP contribution in [0.4, 0.5) is 11.4 Å². The van der Waals surface area contributed by atoms with Crippen LogP contribution in [0.2, 0.25) is 0 Å². The summed E-state index contributed by atoms with van der Waals surface area (Å²) in [5.74, 6) is 0.919. The molecule has 1 aliphatic heterocycles. The first kappa shape index (κ1) is 10.6. The van der Waals surface area contributed by atoms with Crippen LogP contribution < -0.4 is 10.6 Å². The number of hydrogen-bond donors (Lipinski definition) is 1. The van der Waals surface area contributed by atoms with Crippen molar-refractivity contribution < 1.29 is 0 Å². The van der Waals surface area contributed by atoms with Gasteiger partial charge in [0.15, 0.2) is 5.82 Å². The van der Waals surface area contributed by atoms with E-state index in [1.807, 2.05) is 10.6 Å². The van der Waals surface area contributed by atoms with E-state index in [0.717, 1.165) is 24.6 Å². The lowest BCUT2D eigenvalue weighted by Crippen LogP contribution is -2.34. The van der Waals surface area contributed by atoms with Gasteiger partial charge in [0.05, 0.1) is 29.6 Å². The summed E-state index contributed by atoms with van der Waals surface area (Å²) in [5, 5.41) is 16.9. The second kappa shape index (κ2) is 4.04. The summed E-state index contributed by atoms with van der Waals surface area (Å²) in [6, 6.07) is 7.45. The van der Waals surface area contributed by atoms with Crippen molar-refractivity contribution in [2.24, 2.45) is 0 Å². The summed E-state index contributed by atoms with van der Waals surface area (Å²) in [7, 11) is 0. The van der Waals surface area contributed by atoms with Gasteiger partial charge in [0, 0.05) is 13.1 Å². The first-order valence-corrected chi connectivity index (χ1v) is 5.69. The summed E-state index contributed by atoms with van der Waals surface area (Å²) in [6.45, 7) is 2.34. The van der Waals surface area contributed by atoms with Gasteiger partial charge in [0.1, 0.15) is 6.33 Å². The average Bonchev–Trinajstić information content (AvgIpc) is 2.86. The maximum absolute atomic E-state index is 8.94. The maximum atomic E-state index is 8.94. The molecule has 1 aromatic carbocycles. The Morgan fingerprint density at radius 1 is 1.33 bits per heavy atom. The molecule has 0 amide bonds. The van der Waals surface area contributed by atoms with Crippen LogP contribution in [0.1, 0.15) is 11.4 Å². The van der Waals surface area contributed by atoms with E-state index >= 15 is 0 Å². The molecule has 0 unspecified atom stereocenters. The van der Waals surface area contributed by atoms with Crippen LogP contribution in [-0.2, 0) is 13.1 Å². The average molecular weight is 240 g/mol. The third-order valence-electron chi connectivity index (χ3n) is 3.14. The van der Waals surface area contributed by atoms with E-state index in [1.54, 1.807) is 18.5 Å². The summed E-state index contributed by atoms with van der Waals surface area (Å²) >= 11 is 0. The quantitative estimate of drug-likeness (QED) is 0.744. The molecule has 0 spiro atoms. The Kier molecular flexibility index (Phi) is 2.38. The number of rotatable bonds is 1. The van der Waals surface area contributed by atoms with Gasteiger partial charge in [-0.3, -0.25) is 0 Å². The molecule has 2 aromatic rings. The Balaban J connectivity index is 1.95. The predicted molar refractivity (Wildman–Crippen MR) is 66.6 cm³/mol. The molecule has 0 fully saturated rings. The van der Waals surface area contributed by atoms with E-state index in [0.29, 0.717) is 17.8 Å². The van der Waals surface area contributed by atoms with E-state index in [-0.39, 0.29) is 0 Å². The highest BCUT2D eigenvalue weighted by molar-refractivity contribution is 5.69. The first-order chi connectivity index (χ1) is 8.78. The van der Waals surface area contributed by atoms with Crippen molar-refractivity contribution in [3.05, 3.63) is 35.9 Å². The lowest BCUT2D eigenvalue weighted by atomic mass is 10.1. The summed E-state index contributed by atoms with van der Waals surface area (Å²) in [5.41, 5.74) is 8.17. The van der Waals surface area contributed by atoms with Crippen molar-refractivity contribution in [2.45, 2.75) is 13.1 Å². The summed E-state index contributed by atoms with van der Waals surface area (Å²) in [4.78, 5) is 2.13. The van der Waals surface area contributed by atoms with Gasteiger partial charge in [-0.15, -0.1) is 10.2 Å². The first-order valence-electron chi connectivity index (χ1n) is 5.69. The van der Waals surface area contributed by atoms with Crippen molar-refractivity contribution in [1.82, 2.24) is 14.8 Å². The topological polar surface area (TPSA) is 83.8 Å². The maximum Gasteiger partial charge on any atom is 0.152 e. The minimum atomic E-state index is 0.617. The summed E-state index contributed by atoms with van der Waals surface area (Å²) in [6.07, 6.45) is 1.74. The highest BCUT2D eigenvalue weighted by atomic mass is 15.3. The number of aromatic nitrogens is 3. The lowest BCUT2D eigenvalue weighted by Gasteiger charge is -2.30. The molecule has 18 heavy (non-hydrogen) atoms. The van der Waals surface area contributed by atoms with Gasteiger partial charge in [-0.25, -0.2) is 0 Å². The van der Waals surface area contributed by atoms with E-state index in [1.165, 1.54) is 0 Å². The smallest absolute Gasteiger partial charge is 0.152 e. The SMILES string of the molecule is N#Cc1ccc(N)c(N2CCn3cnnc3C2)c1. The lowest BCUT2D eigenvalue weighted by molar-refractivity contribution is 0.560. The molecule has 90 valence electrons. The molecule has 0 radical (unpaired) electrons. The number of nitrogen functional groups attached to an aromatic ring is 1. The number of nitrogens with two attached hydrogens (primary N) is 1. The Bertz CT molecular complexity index is 624. The minimum Gasteiger partial charge on any atom is -0.397 e. The molecule has 1 aromatic heterocycles. The van der Waals surface area contributed by atoms with Gasteiger partial charge in [0.2, 0.25) is 0 Å². The molecule has 3 rings (SSSR count). The number of nitrogens with zero attached hydrogens (tertiary/aromatic N) is 5. The van der Waals surface area contributed by atoms with Crippen molar-refractivity contribution in [3.8, 4) is 6.07 Å². The Morgan fingerprint density at radius 3 is 3.06 bits per heavy atom. The van der Waals surface area contributed by atoms with Gasteiger partial charge < -0.3 is 15.2 Å². The van der Waals surface area contributed by atoms with E-state index in [9.17, 15) is 0 Å². The van der Waals surface area contributed by atoms with Gasteiger partial charge in [-0.2, -0.15) is 5.26 Å². The monoisotopic (exact) mass is 240 g/mol. The van der Waals surface area contributed by atoms with Crippen LogP contribution in [0, 0.1) is 11.3 Å². The fraction of sp³-hybridized carbons (Fsp3) is 0.250. The van der Waals surface area contributed by atoms with Gasteiger partial charge in [-0.1, -0.05) is 0 Å². The Hall–Kier alpha value is -2.55. The zero-order valence-corrected chi connectivity index (χ0v) is 9.74. The van der Waals surface area contributed by atoms with E-state index < -0.39 is 0 Å². The zero-order valence-electron chi connectivity index (χ0n) is 9.74. The van der Waals surface area contributed by atoms with Gasteiger partial charge >= 0.3 is 0 Å². The van der Waals surface area contributed by atoms with Crippen LogP contribution in [0.15, 0.2) is 24.5 Å². The Labute approximate surface area is 104 Å². The predicted octanol–water partition coefficient (Wildman–Crippen LogP) is 0.752. The van der Waals surface area contributed by atoms with Crippen molar-refractivity contribution in [2.75, 3.05) is 17.2 Å². The molecule has 2 heterocycles. The standard InChI is InChI=1S/C12H12N6/c13-6-9-1-2-10(14)11(5-9)17-3-4-18-8-15-16-12(18)7-17/h1-2,5,8H,3-4,7,14H2. The van der Waals surface area contributed by atoms with Crippen LogP contribution in [-0.4, -0.2) is 21.3 Å². The number of anilines is 2. The molecular formula is C12H12N6. The normalized spacial score (nSPS) is 14.1. The molecule has 0 bridgehead atoms. The third kappa shape index (κ3) is 1.66. The van der Waals surface area contributed by atoms with Gasteiger partial charge in [0.25, 0.3) is 0 Å². The fourth-order valence-corrected chi connectivity index (χ4v) is 2.16. The van der Waals surface area contributed by atoms with Gasteiger partial charge in [-0.05, 0) is 18.2 Å². The molecule has 6 heteroatoms. The molecule has 0 aliphatic carbocycles. The van der Waals surface area contributed by atoms with Crippen molar-refractivity contribution in [3.63, 3.8) is 0 Å². The third-order valence-corrected chi connectivity index (χ3v) is 3.14. The highest BCUT2D eigenvalue weighted by Crippen LogP contribution is 2.27. The number of fused-ring (bicyclic) bond motifs is 1. The highest BCUT2D eigenvalue weighted by Gasteiger charge is 2.19. The van der Waals surface area contributed by atoms with Crippen LogP contribution in [0.25, 0.3) is 0 Å². The summed E-state index contributed by atoms with van der Waals surface area (Å²) < 4.78 is 2.03. The second-order valence-electron chi connectivity index (χ2n) is 4.25. The molecule has 0 saturated carbocycles. The number of nitriles is 1. The number of hydrogen-bond acceptors (Lipinski definition) is 5. The molecule has 0 saturated heterocycles. The van der Waals surface area contributed by atoms with Crippen LogP contribution in [0.3, 0.4) is 0 Å². The van der Waals surface area contributed by atoms with Crippen molar-refractivity contribution in [1.29, 1.82) is 5.26 Å². The van der Waals surface area contributed by atoms with Crippen molar-refractivity contribution >= 4 is 11.4 Å². The largest absolute Gasteiger partial charge is 0.397 e. The number of benzene rings is 1. The zero-order chi connectivity index (χ0) is 12.5. The minimum absolute atomic E-state index is 0.617. The molecular weight excluding hydrogens is 228 g/mol. The van der Waals surface area contributed by atoms with E-state index in [4.69, 9.17) is 11.0 Å². The van der Waals surface area contributed by atoms with E-state index in [2.05, 4.69) is 21.2 Å². The molecule has 0 atom stereocenters. The molecule has 2 N–H and O–H groups in total. The Morgan fingerprint density at radius 2 is 2.22 bits per heavy atom. The van der Waals surface area contributed by atoms with Crippen LogP contribution in [0.5, 0.6) is 0 Å².